The highest BCUT2D eigenvalue weighted by atomic mass is 32.2. The Balaban J connectivity index is 0.00000112. The molecular weight excluding hydrogens is 516 g/mol. The lowest BCUT2D eigenvalue weighted by Crippen LogP contribution is -2.48. The highest BCUT2D eigenvalue weighted by Gasteiger charge is 2.23. The van der Waals surface area contributed by atoms with Crippen LogP contribution < -0.4 is 4.90 Å². The molecule has 2 aromatic carbocycles. The highest BCUT2D eigenvalue weighted by Crippen LogP contribution is 2.25. The molecular formula is C29H28N4O5S. The van der Waals surface area contributed by atoms with Crippen molar-refractivity contribution in [2.24, 2.45) is 0 Å². The van der Waals surface area contributed by atoms with Crippen LogP contribution in [0.2, 0.25) is 0 Å². The number of sulfone groups is 1. The van der Waals surface area contributed by atoms with Gasteiger partial charge in [-0.05, 0) is 47.9 Å². The summed E-state index contributed by atoms with van der Waals surface area (Å²) in [7, 11) is -3.60. The van der Waals surface area contributed by atoms with E-state index < -0.39 is 9.84 Å². The molecule has 0 N–H and O–H groups in total. The predicted molar refractivity (Wildman–Crippen MR) is 146 cm³/mol. The third-order valence-corrected chi connectivity index (χ3v) is 8.32. The van der Waals surface area contributed by atoms with E-state index in [9.17, 15) is 13.2 Å². The quantitative estimate of drug-likeness (QED) is 0.362. The Hall–Kier alpha value is -4.40. The van der Waals surface area contributed by atoms with Crippen LogP contribution in [0.3, 0.4) is 0 Å². The molecule has 200 valence electrons. The average Bonchev–Trinajstić information content (AvgIpc) is 2.97. The summed E-state index contributed by atoms with van der Waals surface area (Å²) in [5, 5.41) is 0.786. The molecule has 1 aliphatic rings. The average molecular weight is 545 g/mol. The van der Waals surface area contributed by atoms with E-state index in [1.165, 1.54) is 5.56 Å². The van der Waals surface area contributed by atoms with Crippen LogP contribution in [0, 0.1) is 0 Å². The Labute approximate surface area is 227 Å². The number of benzene rings is 2. The van der Waals surface area contributed by atoms with Crippen LogP contribution in [0.25, 0.3) is 10.9 Å². The van der Waals surface area contributed by atoms with Crippen molar-refractivity contribution < 1.29 is 22.8 Å². The normalized spacial score (nSPS) is 13.4. The maximum atomic E-state index is 13.1. The van der Waals surface area contributed by atoms with Crippen LogP contribution in [0.5, 0.6) is 0 Å². The van der Waals surface area contributed by atoms with Crippen LogP contribution in [0.4, 0.5) is 5.69 Å². The Bertz CT molecular complexity index is 1590. The maximum absolute atomic E-state index is 13.1. The Morgan fingerprint density at radius 1 is 0.923 bits per heavy atom. The Morgan fingerprint density at radius 3 is 2.31 bits per heavy atom. The first kappa shape index (κ1) is 27.6. The summed E-state index contributed by atoms with van der Waals surface area (Å²) in [6.07, 6.45) is 6.55. The van der Waals surface area contributed by atoms with E-state index in [-0.39, 0.29) is 22.7 Å². The van der Waals surface area contributed by atoms with Gasteiger partial charge in [0.25, 0.3) is 5.91 Å². The summed E-state index contributed by atoms with van der Waals surface area (Å²) in [4.78, 5) is 42.3. The molecule has 1 saturated heterocycles. The van der Waals surface area contributed by atoms with Gasteiger partial charge < -0.3 is 9.80 Å². The summed E-state index contributed by atoms with van der Waals surface area (Å²) in [6, 6.07) is 17.8. The lowest BCUT2D eigenvalue weighted by atomic mass is 10.1. The molecule has 1 amide bonds. The lowest BCUT2D eigenvalue weighted by molar-refractivity contribution is -0.191. The largest absolute Gasteiger partial charge is 0.373 e. The monoisotopic (exact) mass is 544 g/mol. The Kier molecular flexibility index (Phi) is 8.81. The number of hydrogen-bond acceptors (Lipinski definition) is 8. The number of hydrogen-bond donors (Lipinski definition) is 0. The fraction of sp³-hybridized carbons (Fsp3) is 0.241. The van der Waals surface area contributed by atoms with Gasteiger partial charge in [0, 0.05) is 49.5 Å². The molecule has 0 aliphatic carbocycles. The van der Waals surface area contributed by atoms with Gasteiger partial charge in [-0.25, -0.2) is 8.42 Å². The maximum Gasteiger partial charge on any atom is 0.373 e. The summed E-state index contributed by atoms with van der Waals surface area (Å²) >= 11 is 0. The zero-order valence-corrected chi connectivity index (χ0v) is 22.3. The second-order valence-corrected chi connectivity index (χ2v) is 11.0. The molecule has 0 unspecified atom stereocenters. The predicted octanol–water partition coefficient (Wildman–Crippen LogP) is 3.55. The number of carbonyl (C=O) groups is 1. The minimum Gasteiger partial charge on any atom is -0.367 e. The first-order valence-electron chi connectivity index (χ1n) is 12.5. The minimum atomic E-state index is -3.60. The second-order valence-electron chi connectivity index (χ2n) is 9.05. The van der Waals surface area contributed by atoms with Gasteiger partial charge in [0.2, 0.25) is 0 Å². The van der Waals surface area contributed by atoms with E-state index in [1.807, 2.05) is 29.4 Å². The molecule has 1 fully saturated rings. The van der Waals surface area contributed by atoms with Crippen molar-refractivity contribution in [2.75, 3.05) is 31.1 Å². The first-order chi connectivity index (χ1) is 18.9. The summed E-state index contributed by atoms with van der Waals surface area (Å²) in [6.45, 7) is 4.85. The third kappa shape index (κ3) is 6.54. The van der Waals surface area contributed by atoms with Gasteiger partial charge in [-0.1, -0.05) is 37.3 Å². The number of aryl methyl sites for hydroxylation is 1. The lowest BCUT2D eigenvalue weighted by Gasteiger charge is -2.36. The van der Waals surface area contributed by atoms with Gasteiger partial charge in [-0.3, -0.25) is 14.8 Å². The van der Waals surface area contributed by atoms with Gasteiger partial charge in [0.05, 0.1) is 28.0 Å². The van der Waals surface area contributed by atoms with E-state index >= 15 is 0 Å². The zero-order chi connectivity index (χ0) is 27.8. The molecule has 0 bridgehead atoms. The molecule has 10 heteroatoms. The van der Waals surface area contributed by atoms with Gasteiger partial charge in [-0.15, -0.1) is 0 Å². The van der Waals surface area contributed by atoms with Crippen LogP contribution >= 0.6 is 0 Å². The second kappa shape index (κ2) is 12.4. The topological polar surface area (TPSA) is 118 Å². The van der Waals surface area contributed by atoms with E-state index in [4.69, 9.17) is 9.59 Å². The summed E-state index contributed by atoms with van der Waals surface area (Å²) < 4.78 is 26.3. The molecule has 1 aliphatic heterocycles. The van der Waals surface area contributed by atoms with Gasteiger partial charge in [-0.2, -0.15) is 9.59 Å². The number of carbonyl (C=O) groups excluding carboxylic acids is 3. The molecule has 0 atom stereocenters. The van der Waals surface area contributed by atoms with Crippen LogP contribution in [-0.4, -0.2) is 61.5 Å². The van der Waals surface area contributed by atoms with Crippen LogP contribution in [0.1, 0.15) is 28.4 Å². The fourth-order valence-electron chi connectivity index (χ4n) is 4.56. The number of amides is 1. The van der Waals surface area contributed by atoms with Crippen molar-refractivity contribution in [3.05, 3.63) is 95.9 Å². The highest BCUT2D eigenvalue weighted by molar-refractivity contribution is 7.90. The minimum absolute atomic E-state index is 0.0391. The zero-order valence-electron chi connectivity index (χ0n) is 21.5. The molecule has 4 aromatic rings. The summed E-state index contributed by atoms with van der Waals surface area (Å²) in [5.41, 5.74) is 3.96. The van der Waals surface area contributed by atoms with Crippen molar-refractivity contribution >= 4 is 38.5 Å². The first-order valence-corrected chi connectivity index (χ1v) is 14.1. The third-order valence-electron chi connectivity index (χ3n) is 6.61. The molecule has 0 radical (unpaired) electrons. The molecule has 0 saturated carbocycles. The molecule has 5 rings (SSSR count). The fourth-order valence-corrected chi connectivity index (χ4v) is 6.10. The van der Waals surface area contributed by atoms with E-state index in [2.05, 4.69) is 27.9 Å². The van der Waals surface area contributed by atoms with E-state index in [1.54, 1.807) is 48.7 Å². The van der Waals surface area contributed by atoms with Crippen molar-refractivity contribution in [1.82, 2.24) is 14.9 Å². The molecule has 0 spiro atoms. The molecule has 9 nitrogen and oxygen atoms in total. The number of aromatic nitrogens is 2. The van der Waals surface area contributed by atoms with E-state index in [0.29, 0.717) is 29.7 Å². The summed E-state index contributed by atoms with van der Waals surface area (Å²) in [5.74, 6) is -0.191. The van der Waals surface area contributed by atoms with Crippen LogP contribution in [0.15, 0.2) is 84.1 Å². The molecule has 2 aromatic heterocycles. The van der Waals surface area contributed by atoms with E-state index in [0.717, 1.165) is 30.6 Å². The number of fused-ring (bicyclic) bond motifs is 1. The Morgan fingerprint density at radius 2 is 1.62 bits per heavy atom. The molecule has 3 heterocycles. The smallest absolute Gasteiger partial charge is 0.367 e. The number of rotatable bonds is 6. The standard InChI is InChI=1S/C28H28N4O3S.CO2/c1-2-21-17-25(19-29-18-21)31-13-15-32(16-14-31)28(33)24-10-8-22(9-11-24)20-36(34,35)26-7-3-5-23-6-4-12-30-27(23)26;2-1-3/h3-12,17-19H,2,13-16,20H2,1H3;. The number of para-hydroxylation sites is 1. The van der Waals surface area contributed by atoms with Crippen molar-refractivity contribution in [2.45, 2.75) is 24.0 Å². The van der Waals surface area contributed by atoms with Gasteiger partial charge in [0.1, 0.15) is 0 Å². The number of pyridine rings is 2. The SMILES string of the molecule is CCc1cncc(N2CCN(C(=O)c3ccc(CS(=O)(=O)c4cccc5cccnc45)cc3)CC2)c1.O=C=O. The number of nitrogens with zero attached hydrogens (tertiary/aromatic N) is 4. The van der Waals surface area contributed by atoms with Crippen molar-refractivity contribution in [3.8, 4) is 0 Å². The van der Waals surface area contributed by atoms with Crippen LogP contribution in [-0.2, 0) is 31.6 Å². The number of piperazine rings is 1. The van der Waals surface area contributed by atoms with Crippen molar-refractivity contribution in [1.29, 1.82) is 0 Å². The van der Waals surface area contributed by atoms with Gasteiger partial charge in [0.15, 0.2) is 9.84 Å². The number of anilines is 1. The van der Waals surface area contributed by atoms with Crippen molar-refractivity contribution in [3.63, 3.8) is 0 Å². The molecule has 39 heavy (non-hydrogen) atoms. The van der Waals surface area contributed by atoms with Gasteiger partial charge >= 0.3 is 6.15 Å².